The summed E-state index contributed by atoms with van der Waals surface area (Å²) in [4.78, 5) is 0. The van der Waals surface area contributed by atoms with Gasteiger partial charge in [0.05, 0.1) is 0 Å². The van der Waals surface area contributed by atoms with Crippen LogP contribution in [0.15, 0.2) is 11.6 Å². The highest BCUT2D eigenvalue weighted by Gasteiger charge is 2.60. The molecule has 11 heavy (non-hydrogen) atoms. The van der Waals surface area contributed by atoms with Gasteiger partial charge in [-0.1, -0.05) is 18.6 Å². The van der Waals surface area contributed by atoms with Crippen LogP contribution in [0.25, 0.3) is 0 Å². The third kappa shape index (κ3) is 0.871. The molecule has 0 saturated heterocycles. The number of allylic oxidation sites excluding steroid dienone is 2. The van der Waals surface area contributed by atoms with Gasteiger partial charge >= 0.3 is 0 Å². The molecule has 0 amide bonds. The Labute approximate surface area is 68.1 Å². The zero-order valence-electron chi connectivity index (χ0n) is 7.30. The smallest absolute Gasteiger partial charge is 0.0490 e. The molecule has 1 unspecified atom stereocenters. The maximum atomic E-state index is 9.16. The lowest BCUT2D eigenvalue weighted by atomic mass is 10.0. The molecule has 1 nitrogen and oxygen atoms in total. The van der Waals surface area contributed by atoms with Gasteiger partial charge in [0.1, 0.15) is 0 Å². The highest BCUT2D eigenvalue weighted by molar-refractivity contribution is 5.20. The number of aliphatic hydroxyl groups excluding tert-OH is 1. The summed E-state index contributed by atoms with van der Waals surface area (Å²) in [6, 6.07) is 0. The summed E-state index contributed by atoms with van der Waals surface area (Å²) in [5, 5.41) is 9.16. The van der Waals surface area contributed by atoms with Crippen LogP contribution in [0.4, 0.5) is 0 Å². The zero-order valence-corrected chi connectivity index (χ0v) is 7.30. The van der Waals surface area contributed by atoms with Crippen LogP contribution in [0.5, 0.6) is 0 Å². The molecule has 0 spiro atoms. The number of rotatable bonds is 1. The molecule has 1 heteroatoms. The van der Waals surface area contributed by atoms with Gasteiger partial charge < -0.3 is 5.11 Å². The fourth-order valence-corrected chi connectivity index (χ4v) is 2.57. The first-order chi connectivity index (χ1) is 5.18. The Hall–Kier alpha value is -0.300. The van der Waals surface area contributed by atoms with Gasteiger partial charge in [0.2, 0.25) is 0 Å². The van der Waals surface area contributed by atoms with Crippen LogP contribution in [-0.4, -0.2) is 11.7 Å². The summed E-state index contributed by atoms with van der Waals surface area (Å²) < 4.78 is 0. The molecule has 0 aromatic carbocycles. The predicted molar refractivity (Wildman–Crippen MR) is 45.2 cm³/mol. The Kier molecular flexibility index (Phi) is 1.40. The number of hydrogen-bond donors (Lipinski definition) is 1. The Morgan fingerprint density at radius 1 is 1.64 bits per heavy atom. The van der Waals surface area contributed by atoms with Crippen molar-refractivity contribution in [3.05, 3.63) is 11.6 Å². The Morgan fingerprint density at radius 2 is 2.36 bits per heavy atom. The van der Waals surface area contributed by atoms with Gasteiger partial charge in [0.15, 0.2) is 0 Å². The third-order valence-electron chi connectivity index (χ3n) is 3.67. The van der Waals surface area contributed by atoms with Crippen molar-refractivity contribution in [1.29, 1.82) is 0 Å². The second-order valence-corrected chi connectivity index (χ2v) is 4.37. The normalized spacial score (nSPS) is 48.1. The summed E-state index contributed by atoms with van der Waals surface area (Å²) in [6.45, 7) is 4.80. The first kappa shape index (κ1) is 7.35. The molecule has 0 aromatic rings. The van der Waals surface area contributed by atoms with Crippen LogP contribution in [0.2, 0.25) is 0 Å². The van der Waals surface area contributed by atoms with Crippen LogP contribution >= 0.6 is 0 Å². The zero-order chi connectivity index (χ0) is 8.06. The van der Waals surface area contributed by atoms with E-state index in [0.29, 0.717) is 6.61 Å². The molecule has 3 atom stereocenters. The lowest BCUT2D eigenvalue weighted by molar-refractivity contribution is 0.204. The van der Waals surface area contributed by atoms with E-state index in [2.05, 4.69) is 19.9 Å². The standard InChI is InChI=1S/C10H16O/c1-7-3-4-8-9(5-7)10(8,2)6-11/h3,8-9,11H,4-6H2,1-2H3/t8-,9+,10?/m1/s1. The van der Waals surface area contributed by atoms with Crippen molar-refractivity contribution in [2.75, 3.05) is 6.61 Å². The molecule has 0 aliphatic heterocycles. The Balaban J connectivity index is 2.10. The van der Waals surface area contributed by atoms with Crippen molar-refractivity contribution >= 4 is 0 Å². The van der Waals surface area contributed by atoms with Crippen LogP contribution < -0.4 is 0 Å². The minimum absolute atomic E-state index is 0.272. The quantitative estimate of drug-likeness (QED) is 0.569. The minimum atomic E-state index is 0.272. The summed E-state index contributed by atoms with van der Waals surface area (Å²) in [7, 11) is 0. The molecular weight excluding hydrogens is 136 g/mol. The van der Waals surface area contributed by atoms with E-state index in [1.54, 1.807) is 0 Å². The molecule has 0 radical (unpaired) electrons. The summed E-state index contributed by atoms with van der Waals surface area (Å²) in [6.07, 6.45) is 4.76. The van der Waals surface area contributed by atoms with E-state index in [0.717, 1.165) is 11.8 Å². The summed E-state index contributed by atoms with van der Waals surface area (Å²) in [5.41, 5.74) is 1.79. The molecule has 0 aromatic heterocycles. The van der Waals surface area contributed by atoms with Crippen molar-refractivity contribution in [3.8, 4) is 0 Å². The van der Waals surface area contributed by atoms with E-state index >= 15 is 0 Å². The van der Waals surface area contributed by atoms with Crippen molar-refractivity contribution in [2.45, 2.75) is 26.7 Å². The first-order valence-corrected chi connectivity index (χ1v) is 4.45. The second kappa shape index (κ2) is 2.10. The summed E-state index contributed by atoms with van der Waals surface area (Å²) >= 11 is 0. The van der Waals surface area contributed by atoms with Crippen molar-refractivity contribution < 1.29 is 5.11 Å². The van der Waals surface area contributed by atoms with Crippen LogP contribution in [0.3, 0.4) is 0 Å². The van der Waals surface area contributed by atoms with Crippen LogP contribution in [-0.2, 0) is 0 Å². The molecule has 62 valence electrons. The minimum Gasteiger partial charge on any atom is -0.396 e. The van der Waals surface area contributed by atoms with Crippen molar-refractivity contribution in [2.24, 2.45) is 17.3 Å². The maximum absolute atomic E-state index is 9.16. The molecule has 1 saturated carbocycles. The summed E-state index contributed by atoms with van der Waals surface area (Å²) in [5.74, 6) is 1.58. The highest BCUT2D eigenvalue weighted by Crippen LogP contribution is 2.64. The molecular formula is C10H16O. The lowest BCUT2D eigenvalue weighted by Gasteiger charge is -2.05. The molecule has 2 aliphatic rings. The van der Waals surface area contributed by atoms with E-state index in [1.807, 2.05) is 0 Å². The van der Waals surface area contributed by atoms with Gasteiger partial charge in [-0.2, -0.15) is 0 Å². The third-order valence-corrected chi connectivity index (χ3v) is 3.67. The molecule has 2 aliphatic carbocycles. The van der Waals surface area contributed by atoms with E-state index < -0.39 is 0 Å². The van der Waals surface area contributed by atoms with Crippen LogP contribution in [0.1, 0.15) is 26.7 Å². The maximum Gasteiger partial charge on any atom is 0.0490 e. The predicted octanol–water partition coefficient (Wildman–Crippen LogP) is 1.97. The van der Waals surface area contributed by atoms with E-state index in [1.165, 1.54) is 18.4 Å². The van der Waals surface area contributed by atoms with Gasteiger partial charge in [0.25, 0.3) is 0 Å². The number of aliphatic hydroxyl groups is 1. The van der Waals surface area contributed by atoms with Gasteiger partial charge in [-0.15, -0.1) is 0 Å². The molecule has 0 heterocycles. The fourth-order valence-electron chi connectivity index (χ4n) is 2.57. The highest BCUT2D eigenvalue weighted by atomic mass is 16.3. The Bertz CT molecular complexity index is 207. The van der Waals surface area contributed by atoms with Crippen molar-refractivity contribution in [3.63, 3.8) is 0 Å². The molecule has 1 N–H and O–H groups in total. The van der Waals surface area contributed by atoms with Gasteiger partial charge in [-0.3, -0.25) is 0 Å². The van der Waals surface area contributed by atoms with E-state index in [9.17, 15) is 0 Å². The second-order valence-electron chi connectivity index (χ2n) is 4.37. The molecule has 1 fully saturated rings. The van der Waals surface area contributed by atoms with Gasteiger partial charge in [-0.25, -0.2) is 0 Å². The fraction of sp³-hybridized carbons (Fsp3) is 0.800. The molecule has 2 rings (SSSR count). The monoisotopic (exact) mass is 152 g/mol. The number of hydrogen-bond acceptors (Lipinski definition) is 1. The SMILES string of the molecule is CC1=CC[C@@H]2[C@H](C1)C2(C)CO. The molecule has 0 bridgehead atoms. The van der Waals surface area contributed by atoms with Gasteiger partial charge in [0, 0.05) is 6.61 Å². The average molecular weight is 152 g/mol. The lowest BCUT2D eigenvalue weighted by Crippen LogP contribution is -2.04. The Morgan fingerprint density at radius 3 is 2.91 bits per heavy atom. The van der Waals surface area contributed by atoms with Gasteiger partial charge in [-0.05, 0) is 37.0 Å². The van der Waals surface area contributed by atoms with Crippen molar-refractivity contribution in [1.82, 2.24) is 0 Å². The average Bonchev–Trinajstić information content (AvgIpc) is 2.58. The van der Waals surface area contributed by atoms with E-state index in [4.69, 9.17) is 5.11 Å². The largest absolute Gasteiger partial charge is 0.396 e. The van der Waals surface area contributed by atoms with Crippen LogP contribution in [0, 0.1) is 17.3 Å². The topological polar surface area (TPSA) is 20.2 Å². The number of fused-ring (bicyclic) bond motifs is 1. The first-order valence-electron chi connectivity index (χ1n) is 4.45. The van der Waals surface area contributed by atoms with E-state index in [-0.39, 0.29) is 5.41 Å².